The summed E-state index contributed by atoms with van der Waals surface area (Å²) in [5.74, 6) is 0. The minimum Gasteiger partial charge on any atom is -0.394 e. The summed E-state index contributed by atoms with van der Waals surface area (Å²) in [5, 5.41) is 26.3. The number of hydrogen-bond acceptors (Lipinski definition) is 4. The fourth-order valence-electron chi connectivity index (χ4n) is 0.656. The maximum atomic E-state index is 9.03. The van der Waals surface area contributed by atoms with E-state index in [0.717, 1.165) is 0 Å². The smallest absolute Gasteiger partial charge is 0.157 e. The van der Waals surface area contributed by atoms with Gasteiger partial charge in [-0.1, -0.05) is 6.92 Å². The number of hydrogen-bond donors (Lipinski definition) is 3. The van der Waals surface area contributed by atoms with Crippen molar-refractivity contribution in [3.05, 3.63) is 0 Å². The topological polar surface area (TPSA) is 69.9 Å². The van der Waals surface area contributed by atoms with E-state index in [0.29, 0.717) is 6.42 Å². The second-order valence-electron chi connectivity index (χ2n) is 2.35. The molecule has 0 radical (unpaired) electrons. The van der Waals surface area contributed by atoms with Crippen LogP contribution in [0.4, 0.5) is 0 Å². The van der Waals surface area contributed by atoms with Crippen molar-refractivity contribution in [3.63, 3.8) is 0 Å². The van der Waals surface area contributed by atoms with E-state index >= 15 is 0 Å². The molecule has 0 aromatic rings. The van der Waals surface area contributed by atoms with Gasteiger partial charge in [-0.25, -0.2) is 0 Å². The Kier molecular flexibility index (Phi) is 6.45. The molecule has 0 saturated carbocycles. The largest absolute Gasteiger partial charge is 0.394 e. The molecular weight excluding hydrogens is 148 g/mol. The zero-order chi connectivity index (χ0) is 8.69. The van der Waals surface area contributed by atoms with Gasteiger partial charge in [0, 0.05) is 6.42 Å². The van der Waals surface area contributed by atoms with E-state index in [1.54, 1.807) is 0 Å². The molecule has 0 amide bonds. The maximum Gasteiger partial charge on any atom is 0.157 e. The minimum absolute atomic E-state index is 0.109. The summed E-state index contributed by atoms with van der Waals surface area (Å²) in [6, 6.07) is 0. The molecule has 0 aliphatic heterocycles. The lowest BCUT2D eigenvalue weighted by atomic mass is 10.2. The minimum atomic E-state index is -0.961. The molecule has 0 rings (SSSR count). The summed E-state index contributed by atoms with van der Waals surface area (Å²) in [7, 11) is 0. The highest BCUT2D eigenvalue weighted by Gasteiger charge is 2.09. The molecular formula is C7H16O4. The Morgan fingerprint density at radius 3 is 2.45 bits per heavy atom. The van der Waals surface area contributed by atoms with Gasteiger partial charge in [-0.2, -0.15) is 0 Å². The van der Waals surface area contributed by atoms with Crippen molar-refractivity contribution in [2.24, 2.45) is 0 Å². The first-order valence-electron chi connectivity index (χ1n) is 3.79. The number of ether oxygens (including phenoxy) is 1. The molecule has 0 aromatic heterocycles. The van der Waals surface area contributed by atoms with Gasteiger partial charge in [0.25, 0.3) is 0 Å². The van der Waals surface area contributed by atoms with Crippen LogP contribution in [0.3, 0.4) is 0 Å². The highest BCUT2D eigenvalue weighted by atomic mass is 16.6. The predicted octanol–water partition coefficient (Wildman–Crippen LogP) is -0.525. The molecule has 0 spiro atoms. The monoisotopic (exact) mass is 164 g/mol. The van der Waals surface area contributed by atoms with Crippen LogP contribution in [-0.2, 0) is 4.74 Å². The normalized spacial score (nSPS) is 16.4. The highest BCUT2D eigenvalue weighted by molar-refractivity contribution is 4.53. The van der Waals surface area contributed by atoms with Gasteiger partial charge >= 0.3 is 0 Å². The zero-order valence-electron chi connectivity index (χ0n) is 6.73. The molecule has 11 heavy (non-hydrogen) atoms. The molecule has 0 aliphatic rings. The van der Waals surface area contributed by atoms with E-state index in [9.17, 15) is 0 Å². The molecule has 0 aromatic carbocycles. The third kappa shape index (κ3) is 6.25. The van der Waals surface area contributed by atoms with Crippen molar-refractivity contribution in [1.29, 1.82) is 0 Å². The van der Waals surface area contributed by atoms with Crippen LogP contribution in [-0.4, -0.2) is 40.9 Å². The Hall–Kier alpha value is -0.160. The molecule has 2 unspecified atom stereocenters. The summed E-state index contributed by atoms with van der Waals surface area (Å²) in [6.07, 6.45) is -0.684. The summed E-state index contributed by atoms with van der Waals surface area (Å²) in [5.41, 5.74) is 0. The zero-order valence-corrected chi connectivity index (χ0v) is 6.73. The number of aliphatic hydroxyl groups is 3. The Bertz CT molecular complexity index is 86.5. The second-order valence-corrected chi connectivity index (χ2v) is 2.35. The Labute approximate surface area is 66.4 Å². The molecule has 4 heteroatoms. The second kappa shape index (κ2) is 6.54. The van der Waals surface area contributed by atoms with Gasteiger partial charge in [-0.3, -0.25) is 0 Å². The lowest BCUT2D eigenvalue weighted by Crippen LogP contribution is -2.21. The van der Waals surface area contributed by atoms with Gasteiger partial charge in [-0.05, 0) is 6.42 Å². The Morgan fingerprint density at radius 1 is 1.36 bits per heavy atom. The van der Waals surface area contributed by atoms with Crippen LogP contribution in [0.25, 0.3) is 0 Å². The first kappa shape index (κ1) is 10.8. The van der Waals surface area contributed by atoms with Crippen molar-refractivity contribution in [1.82, 2.24) is 0 Å². The summed E-state index contributed by atoms with van der Waals surface area (Å²) in [6.45, 7) is 1.82. The van der Waals surface area contributed by atoms with E-state index in [2.05, 4.69) is 0 Å². The average Bonchev–Trinajstić information content (AvgIpc) is 2.00. The molecule has 2 atom stereocenters. The van der Waals surface area contributed by atoms with Crippen molar-refractivity contribution < 1.29 is 20.1 Å². The van der Waals surface area contributed by atoms with Gasteiger partial charge in [-0.15, -0.1) is 0 Å². The molecule has 0 saturated heterocycles. The van der Waals surface area contributed by atoms with Crippen LogP contribution in [0.15, 0.2) is 0 Å². The number of aliphatic hydroxyl groups excluding tert-OH is 3. The third-order valence-electron chi connectivity index (χ3n) is 1.35. The molecule has 0 heterocycles. The van der Waals surface area contributed by atoms with Crippen LogP contribution >= 0.6 is 0 Å². The van der Waals surface area contributed by atoms with Gasteiger partial charge < -0.3 is 20.1 Å². The Morgan fingerprint density at radius 2 is 2.00 bits per heavy atom. The van der Waals surface area contributed by atoms with Crippen molar-refractivity contribution in [3.8, 4) is 0 Å². The van der Waals surface area contributed by atoms with E-state index in [4.69, 9.17) is 20.1 Å². The molecule has 68 valence electrons. The summed E-state index contributed by atoms with van der Waals surface area (Å²) < 4.78 is 4.71. The molecule has 3 N–H and O–H groups in total. The van der Waals surface area contributed by atoms with Crippen LogP contribution < -0.4 is 0 Å². The van der Waals surface area contributed by atoms with E-state index < -0.39 is 12.4 Å². The standard InChI is InChI=1S/C7H16O4/c1-2-6(9)5-7(10)11-4-3-8/h6-10H,2-5H2,1H3. The van der Waals surface area contributed by atoms with Crippen LogP contribution in [0.1, 0.15) is 19.8 Å². The predicted molar refractivity (Wildman–Crippen MR) is 40.0 cm³/mol. The van der Waals surface area contributed by atoms with Gasteiger partial charge in [0.15, 0.2) is 6.29 Å². The van der Waals surface area contributed by atoms with Crippen molar-refractivity contribution >= 4 is 0 Å². The molecule has 4 nitrogen and oxygen atoms in total. The van der Waals surface area contributed by atoms with Gasteiger partial charge in [0.05, 0.1) is 19.3 Å². The molecule has 0 aliphatic carbocycles. The van der Waals surface area contributed by atoms with E-state index in [-0.39, 0.29) is 19.6 Å². The average molecular weight is 164 g/mol. The van der Waals surface area contributed by atoms with E-state index in [1.165, 1.54) is 0 Å². The lowest BCUT2D eigenvalue weighted by Gasteiger charge is -2.13. The Balaban J connectivity index is 3.27. The summed E-state index contributed by atoms with van der Waals surface area (Å²) in [4.78, 5) is 0. The van der Waals surface area contributed by atoms with Crippen LogP contribution in [0.5, 0.6) is 0 Å². The maximum absolute atomic E-state index is 9.03. The van der Waals surface area contributed by atoms with Crippen molar-refractivity contribution in [2.75, 3.05) is 13.2 Å². The molecule has 0 fully saturated rings. The highest BCUT2D eigenvalue weighted by Crippen LogP contribution is 2.02. The fraction of sp³-hybridized carbons (Fsp3) is 1.00. The SMILES string of the molecule is CCC(O)CC(O)OCCO. The van der Waals surface area contributed by atoms with Crippen LogP contribution in [0, 0.1) is 0 Å². The first-order chi connectivity index (χ1) is 5.20. The third-order valence-corrected chi connectivity index (χ3v) is 1.35. The fourth-order valence-corrected chi connectivity index (χ4v) is 0.656. The van der Waals surface area contributed by atoms with E-state index in [1.807, 2.05) is 6.92 Å². The van der Waals surface area contributed by atoms with Crippen LogP contribution in [0.2, 0.25) is 0 Å². The van der Waals surface area contributed by atoms with Gasteiger partial charge in [0.2, 0.25) is 0 Å². The number of rotatable bonds is 6. The molecule has 0 bridgehead atoms. The summed E-state index contributed by atoms with van der Waals surface area (Å²) >= 11 is 0. The van der Waals surface area contributed by atoms with Crippen molar-refractivity contribution in [2.45, 2.75) is 32.2 Å². The lowest BCUT2D eigenvalue weighted by molar-refractivity contribution is -0.125. The van der Waals surface area contributed by atoms with Gasteiger partial charge in [0.1, 0.15) is 0 Å². The first-order valence-corrected chi connectivity index (χ1v) is 3.79. The quantitative estimate of drug-likeness (QED) is 0.462.